The third-order valence-electron chi connectivity index (χ3n) is 3.19. The maximum absolute atomic E-state index is 12.7. The lowest BCUT2D eigenvalue weighted by molar-refractivity contribution is 0.0478. The predicted molar refractivity (Wildman–Crippen MR) is 82.7 cm³/mol. The molecule has 1 unspecified atom stereocenters. The first-order chi connectivity index (χ1) is 9.51. The van der Waals surface area contributed by atoms with Crippen molar-refractivity contribution < 1.29 is 14.3 Å². The van der Waals surface area contributed by atoms with Crippen LogP contribution in [0.1, 0.15) is 22.8 Å². The van der Waals surface area contributed by atoms with Crippen molar-refractivity contribution >= 4 is 18.5 Å². The summed E-state index contributed by atoms with van der Waals surface area (Å²) in [6.45, 7) is 5.43. The minimum Gasteiger partial charge on any atom is -0.383 e. The monoisotopic (exact) mass is 297 g/mol. The van der Waals surface area contributed by atoms with Gasteiger partial charge in [0.05, 0.1) is 19.3 Å². The second-order valence-electron chi connectivity index (χ2n) is 4.79. The fraction of sp³-hybridized carbons (Fsp3) is 0.533. The Balaban J connectivity index is 2.99. The second-order valence-corrected chi connectivity index (χ2v) is 5.31. The van der Waals surface area contributed by atoms with Crippen LogP contribution in [0.15, 0.2) is 23.1 Å². The Morgan fingerprint density at radius 3 is 2.65 bits per heavy atom. The summed E-state index contributed by atoms with van der Waals surface area (Å²) in [4.78, 5) is 15.3. The maximum Gasteiger partial charge on any atom is 0.254 e. The van der Waals surface area contributed by atoms with Crippen molar-refractivity contribution in [2.75, 3.05) is 34.0 Å². The van der Waals surface area contributed by atoms with E-state index in [9.17, 15) is 4.79 Å². The van der Waals surface area contributed by atoms with Crippen molar-refractivity contribution in [3.63, 3.8) is 0 Å². The summed E-state index contributed by atoms with van der Waals surface area (Å²) in [5.74, 6) is -0.0139. The zero-order valence-electron chi connectivity index (χ0n) is 12.5. The Hall–Kier alpha value is -1.04. The topological polar surface area (TPSA) is 38.8 Å². The molecule has 0 saturated heterocycles. The van der Waals surface area contributed by atoms with E-state index >= 15 is 0 Å². The molecule has 1 atom stereocenters. The molecule has 0 saturated carbocycles. The highest BCUT2D eigenvalue weighted by molar-refractivity contribution is 7.80. The first kappa shape index (κ1) is 17.0. The summed E-state index contributed by atoms with van der Waals surface area (Å²) in [7, 11) is 3.26. The highest BCUT2D eigenvalue weighted by Crippen LogP contribution is 2.17. The van der Waals surface area contributed by atoms with Gasteiger partial charge in [0.25, 0.3) is 5.91 Å². The van der Waals surface area contributed by atoms with E-state index in [1.165, 1.54) is 0 Å². The summed E-state index contributed by atoms with van der Waals surface area (Å²) in [5, 5.41) is 0. The van der Waals surface area contributed by atoms with Gasteiger partial charge in [-0.05, 0) is 31.5 Å². The molecular weight excluding hydrogens is 274 g/mol. The van der Waals surface area contributed by atoms with E-state index in [1.54, 1.807) is 25.2 Å². The normalized spacial score (nSPS) is 12.2. The van der Waals surface area contributed by atoms with E-state index in [1.807, 2.05) is 26.0 Å². The van der Waals surface area contributed by atoms with Crippen LogP contribution in [-0.4, -0.2) is 50.8 Å². The maximum atomic E-state index is 12.7. The second kappa shape index (κ2) is 8.29. The molecule has 0 aliphatic heterocycles. The number of carbonyl (C=O) groups is 1. The number of amides is 1. The lowest BCUT2D eigenvalue weighted by Gasteiger charge is -2.29. The van der Waals surface area contributed by atoms with E-state index in [-0.39, 0.29) is 11.9 Å². The molecule has 5 heteroatoms. The molecule has 0 aliphatic rings. The van der Waals surface area contributed by atoms with Gasteiger partial charge in [0.1, 0.15) is 0 Å². The lowest BCUT2D eigenvalue weighted by atomic mass is 10.1. The molecule has 20 heavy (non-hydrogen) atoms. The van der Waals surface area contributed by atoms with Crippen molar-refractivity contribution in [2.45, 2.75) is 24.8 Å². The fourth-order valence-electron chi connectivity index (χ4n) is 2.04. The summed E-state index contributed by atoms with van der Waals surface area (Å²) < 4.78 is 10.2. The van der Waals surface area contributed by atoms with Crippen LogP contribution in [-0.2, 0) is 9.47 Å². The first-order valence-corrected chi connectivity index (χ1v) is 7.04. The molecule has 1 amide bonds. The number of hydrogen-bond donors (Lipinski definition) is 1. The van der Waals surface area contributed by atoms with Crippen molar-refractivity contribution in [3.05, 3.63) is 29.3 Å². The summed E-state index contributed by atoms with van der Waals surface area (Å²) >= 11 is 4.31. The van der Waals surface area contributed by atoms with Gasteiger partial charge in [0.2, 0.25) is 0 Å². The number of rotatable bonds is 7. The molecule has 1 aromatic carbocycles. The Labute approximate surface area is 126 Å². The number of methoxy groups -OCH3 is 2. The molecule has 0 aromatic heterocycles. The van der Waals surface area contributed by atoms with Gasteiger partial charge in [0.15, 0.2) is 0 Å². The van der Waals surface area contributed by atoms with Crippen LogP contribution in [0.2, 0.25) is 0 Å². The molecule has 0 bridgehead atoms. The van der Waals surface area contributed by atoms with Crippen LogP contribution in [0.5, 0.6) is 0 Å². The van der Waals surface area contributed by atoms with Gasteiger partial charge < -0.3 is 14.4 Å². The van der Waals surface area contributed by atoms with Gasteiger partial charge in [-0.25, -0.2) is 0 Å². The van der Waals surface area contributed by atoms with Gasteiger partial charge >= 0.3 is 0 Å². The summed E-state index contributed by atoms with van der Waals surface area (Å²) in [5.41, 5.74) is 1.62. The van der Waals surface area contributed by atoms with E-state index in [0.717, 1.165) is 10.5 Å². The van der Waals surface area contributed by atoms with Crippen molar-refractivity contribution in [1.82, 2.24) is 4.90 Å². The Bertz CT molecular complexity index is 451. The van der Waals surface area contributed by atoms with Gasteiger partial charge in [-0.2, -0.15) is 0 Å². The molecular formula is C15H23NO3S. The number of carbonyl (C=O) groups excluding carboxylic acids is 1. The lowest BCUT2D eigenvalue weighted by Crippen LogP contribution is -2.43. The average Bonchev–Trinajstić information content (AvgIpc) is 2.42. The summed E-state index contributed by atoms with van der Waals surface area (Å²) in [6.07, 6.45) is 0. The van der Waals surface area contributed by atoms with Gasteiger partial charge in [0, 0.05) is 31.2 Å². The van der Waals surface area contributed by atoms with Crippen LogP contribution in [0.25, 0.3) is 0 Å². The molecule has 4 nitrogen and oxygen atoms in total. The first-order valence-electron chi connectivity index (χ1n) is 6.59. The van der Waals surface area contributed by atoms with Gasteiger partial charge in [-0.15, -0.1) is 12.6 Å². The van der Waals surface area contributed by atoms with Crippen molar-refractivity contribution in [1.29, 1.82) is 0 Å². The molecule has 0 fully saturated rings. The Morgan fingerprint density at radius 1 is 1.35 bits per heavy atom. The standard InChI is InChI=1S/C15H23NO3S/c1-11-5-6-13(20)9-14(11)15(17)16(7-8-18-3)12(2)10-19-4/h5-6,9,12,20H,7-8,10H2,1-4H3. The zero-order chi connectivity index (χ0) is 15.1. The molecule has 1 aromatic rings. The highest BCUT2D eigenvalue weighted by Gasteiger charge is 2.22. The largest absolute Gasteiger partial charge is 0.383 e. The van der Waals surface area contributed by atoms with Crippen LogP contribution in [0.4, 0.5) is 0 Å². The van der Waals surface area contributed by atoms with Gasteiger partial charge in [-0.3, -0.25) is 4.79 Å². The molecule has 0 N–H and O–H groups in total. The minimum absolute atomic E-state index is 0.00868. The fourth-order valence-corrected chi connectivity index (χ4v) is 2.24. The molecule has 0 heterocycles. The third kappa shape index (κ3) is 4.51. The number of aryl methyl sites for hydroxylation is 1. The number of nitrogens with zero attached hydrogens (tertiary/aromatic N) is 1. The van der Waals surface area contributed by atoms with Crippen LogP contribution >= 0.6 is 12.6 Å². The van der Waals surface area contributed by atoms with E-state index in [2.05, 4.69) is 12.6 Å². The number of hydrogen-bond acceptors (Lipinski definition) is 4. The Kier molecular flexibility index (Phi) is 7.05. The van der Waals surface area contributed by atoms with E-state index in [4.69, 9.17) is 9.47 Å². The molecule has 112 valence electrons. The summed E-state index contributed by atoms with van der Waals surface area (Å²) in [6, 6.07) is 5.59. The van der Waals surface area contributed by atoms with E-state index < -0.39 is 0 Å². The van der Waals surface area contributed by atoms with Gasteiger partial charge in [-0.1, -0.05) is 6.07 Å². The van der Waals surface area contributed by atoms with Crippen LogP contribution in [0, 0.1) is 6.92 Å². The number of benzene rings is 1. The van der Waals surface area contributed by atoms with E-state index in [0.29, 0.717) is 25.3 Å². The minimum atomic E-state index is -0.0139. The highest BCUT2D eigenvalue weighted by atomic mass is 32.1. The smallest absolute Gasteiger partial charge is 0.254 e. The number of thiol groups is 1. The molecule has 0 spiro atoms. The third-order valence-corrected chi connectivity index (χ3v) is 3.47. The quantitative estimate of drug-likeness (QED) is 0.786. The predicted octanol–water partition coefficient (Wildman–Crippen LogP) is 2.41. The Morgan fingerprint density at radius 2 is 2.05 bits per heavy atom. The van der Waals surface area contributed by atoms with Crippen LogP contribution < -0.4 is 0 Å². The number of ether oxygens (including phenoxy) is 2. The molecule has 0 aliphatic carbocycles. The average molecular weight is 297 g/mol. The molecule has 1 rings (SSSR count). The SMILES string of the molecule is COCCN(C(=O)c1cc(S)ccc1C)C(C)COC. The van der Waals surface area contributed by atoms with Crippen molar-refractivity contribution in [3.8, 4) is 0 Å². The molecule has 0 radical (unpaired) electrons. The van der Waals surface area contributed by atoms with Crippen molar-refractivity contribution in [2.24, 2.45) is 0 Å². The van der Waals surface area contributed by atoms with Crippen LogP contribution in [0.3, 0.4) is 0 Å². The zero-order valence-corrected chi connectivity index (χ0v) is 13.4.